The molecule has 0 saturated carbocycles. The Hall–Kier alpha value is -3.54. The lowest BCUT2D eigenvalue weighted by atomic mass is 10.0. The Labute approximate surface area is 195 Å². The fraction of sp³-hybridized carbons (Fsp3) is 0.0400. The van der Waals surface area contributed by atoms with Crippen LogP contribution in [0.1, 0.15) is 11.1 Å². The number of ketones is 1. The van der Waals surface area contributed by atoms with Crippen molar-refractivity contribution in [3.8, 4) is 11.5 Å². The topological polar surface area (TPSA) is 81.9 Å². The number of aromatic hydroxyl groups is 2. The van der Waals surface area contributed by atoms with Crippen molar-refractivity contribution in [1.82, 2.24) is 0 Å². The van der Waals surface area contributed by atoms with E-state index in [1.165, 1.54) is 18.2 Å². The first-order chi connectivity index (χ1) is 15.4. The number of nitrogens with zero attached hydrogens (tertiary/aromatic N) is 1. The van der Waals surface area contributed by atoms with Gasteiger partial charge in [-0.2, -0.15) is 0 Å². The molecule has 0 saturated heterocycles. The third kappa shape index (κ3) is 5.02. The van der Waals surface area contributed by atoms with Crippen LogP contribution >= 0.6 is 23.2 Å². The summed E-state index contributed by atoms with van der Waals surface area (Å²) in [5, 5.41) is 24.2. The first-order valence-corrected chi connectivity index (χ1v) is 10.5. The number of hydrogen-bond donors (Lipinski definition) is 3. The maximum absolute atomic E-state index is 11.6. The number of aliphatic imine (C=N–C) groups is 1. The van der Waals surface area contributed by atoms with Gasteiger partial charge >= 0.3 is 0 Å². The molecule has 0 unspecified atom stereocenters. The van der Waals surface area contributed by atoms with E-state index >= 15 is 0 Å². The van der Waals surface area contributed by atoms with E-state index in [0.29, 0.717) is 34.1 Å². The summed E-state index contributed by atoms with van der Waals surface area (Å²) >= 11 is 12.5. The first-order valence-electron chi connectivity index (χ1n) is 9.73. The highest BCUT2D eigenvalue weighted by molar-refractivity contribution is 6.48. The average Bonchev–Trinajstić information content (AvgIpc) is 2.75. The highest BCUT2D eigenvalue weighted by Crippen LogP contribution is 2.37. The molecule has 32 heavy (non-hydrogen) atoms. The van der Waals surface area contributed by atoms with Gasteiger partial charge in [0, 0.05) is 34.8 Å². The van der Waals surface area contributed by atoms with Crippen molar-refractivity contribution in [2.75, 3.05) is 5.32 Å². The largest absolute Gasteiger partial charge is 0.508 e. The van der Waals surface area contributed by atoms with Crippen LogP contribution in [-0.2, 0) is 11.2 Å². The average molecular weight is 465 g/mol. The highest BCUT2D eigenvalue weighted by Gasteiger charge is 2.15. The Morgan fingerprint density at radius 3 is 2.41 bits per heavy atom. The molecule has 0 bridgehead atoms. The number of anilines is 2. The lowest BCUT2D eigenvalue weighted by Gasteiger charge is -2.15. The van der Waals surface area contributed by atoms with Crippen molar-refractivity contribution >= 4 is 51.8 Å². The molecule has 4 rings (SSSR count). The number of carbonyl (C=O) groups is 1. The molecule has 1 aliphatic rings. The number of allylic oxidation sites excluding steroid dienone is 4. The van der Waals surface area contributed by atoms with Gasteiger partial charge in [-0.15, -0.1) is 0 Å². The van der Waals surface area contributed by atoms with Crippen molar-refractivity contribution in [3.63, 3.8) is 0 Å². The third-order valence-corrected chi connectivity index (χ3v) is 5.48. The minimum atomic E-state index is -0.204. The third-order valence-electron chi connectivity index (χ3n) is 4.83. The Balaban J connectivity index is 1.78. The monoisotopic (exact) mass is 464 g/mol. The maximum atomic E-state index is 11.6. The van der Waals surface area contributed by atoms with E-state index in [2.05, 4.69) is 10.3 Å². The summed E-state index contributed by atoms with van der Waals surface area (Å²) in [6.07, 6.45) is 4.58. The van der Waals surface area contributed by atoms with Crippen molar-refractivity contribution < 1.29 is 15.0 Å². The summed E-state index contributed by atoms with van der Waals surface area (Å²) in [6, 6.07) is 17.5. The van der Waals surface area contributed by atoms with E-state index < -0.39 is 0 Å². The number of phenolic OH excluding ortho intramolecular Hbond substituents is 2. The molecule has 7 heteroatoms. The van der Waals surface area contributed by atoms with Gasteiger partial charge in [0.05, 0.1) is 22.1 Å². The van der Waals surface area contributed by atoms with Gasteiger partial charge in [0.1, 0.15) is 11.5 Å². The van der Waals surface area contributed by atoms with Crippen LogP contribution in [0.25, 0.3) is 0 Å². The normalized spacial score (nSPS) is 14.5. The fourth-order valence-electron chi connectivity index (χ4n) is 3.22. The van der Waals surface area contributed by atoms with E-state index in [4.69, 9.17) is 23.2 Å². The van der Waals surface area contributed by atoms with Crippen LogP contribution in [0.4, 0.5) is 17.1 Å². The van der Waals surface area contributed by atoms with Gasteiger partial charge in [-0.3, -0.25) is 4.79 Å². The first kappa shape index (κ1) is 21.7. The Morgan fingerprint density at radius 2 is 1.69 bits per heavy atom. The van der Waals surface area contributed by atoms with Gasteiger partial charge in [0.2, 0.25) is 0 Å². The number of para-hydroxylation sites is 1. The summed E-state index contributed by atoms with van der Waals surface area (Å²) in [5.41, 5.74) is 3.67. The second-order valence-electron chi connectivity index (χ2n) is 7.17. The predicted octanol–water partition coefficient (Wildman–Crippen LogP) is 6.42. The van der Waals surface area contributed by atoms with Crippen LogP contribution in [0.2, 0.25) is 5.02 Å². The standard InChI is InChI=1S/C25H18Cl2N2O3/c26-20-12-18(30)7-6-15(20)10-16-11-23(29-22-9-8-19(31)13-21(22)27)24(14-25(16)32)28-17-4-2-1-3-5-17/h1-9,11-14,28,30,32H,10H2. The predicted molar refractivity (Wildman–Crippen MR) is 129 cm³/mol. The molecule has 3 N–H and O–H groups in total. The second-order valence-corrected chi connectivity index (χ2v) is 7.98. The summed E-state index contributed by atoms with van der Waals surface area (Å²) in [7, 11) is 0. The van der Waals surface area contributed by atoms with Crippen molar-refractivity contribution in [2.24, 2.45) is 4.99 Å². The zero-order valence-corrected chi connectivity index (χ0v) is 18.2. The molecule has 0 fully saturated rings. The lowest BCUT2D eigenvalue weighted by molar-refractivity contribution is -0.110. The van der Waals surface area contributed by atoms with Crippen molar-refractivity contribution in [3.05, 3.63) is 100 Å². The Bertz CT molecular complexity index is 1280. The molecule has 0 radical (unpaired) electrons. The Morgan fingerprint density at radius 1 is 0.906 bits per heavy atom. The fourth-order valence-corrected chi connectivity index (χ4v) is 3.68. The van der Waals surface area contributed by atoms with Crippen LogP contribution in [0, 0.1) is 0 Å². The smallest absolute Gasteiger partial charge is 0.180 e. The quantitative estimate of drug-likeness (QED) is 0.380. The molecule has 160 valence electrons. The number of carbonyl (C=O) groups excluding carboxylic acids is 1. The molecule has 1 aliphatic carbocycles. The number of halogens is 2. The van der Waals surface area contributed by atoms with E-state index in [1.807, 2.05) is 30.3 Å². The van der Waals surface area contributed by atoms with Gasteiger partial charge < -0.3 is 15.5 Å². The number of nitrogens with one attached hydrogen (secondary N) is 1. The zero-order valence-electron chi connectivity index (χ0n) is 16.7. The van der Waals surface area contributed by atoms with Crippen molar-refractivity contribution in [2.45, 2.75) is 6.42 Å². The van der Waals surface area contributed by atoms with E-state index in [-0.39, 0.29) is 22.3 Å². The second kappa shape index (κ2) is 9.30. The number of phenols is 2. The molecule has 3 aromatic rings. The molecule has 0 spiro atoms. The molecule has 3 aromatic carbocycles. The van der Waals surface area contributed by atoms with Gasteiger partial charge in [0.15, 0.2) is 5.78 Å². The minimum absolute atomic E-state index is 0.0625. The van der Waals surface area contributed by atoms with Gasteiger partial charge in [-0.05, 0) is 48.0 Å². The highest BCUT2D eigenvalue weighted by atomic mass is 35.5. The van der Waals surface area contributed by atoms with Crippen LogP contribution in [0.15, 0.2) is 88.9 Å². The lowest BCUT2D eigenvalue weighted by Crippen LogP contribution is -2.04. The van der Waals surface area contributed by atoms with E-state index in [0.717, 1.165) is 11.3 Å². The Kier molecular flexibility index (Phi) is 6.30. The maximum Gasteiger partial charge on any atom is 0.180 e. The molecule has 0 heterocycles. The summed E-state index contributed by atoms with van der Waals surface area (Å²) < 4.78 is 0. The molecule has 0 aliphatic heterocycles. The van der Waals surface area contributed by atoms with Crippen LogP contribution in [0.3, 0.4) is 0 Å². The molecule has 0 amide bonds. The molecule has 0 aromatic heterocycles. The molecule has 5 nitrogen and oxygen atoms in total. The molecule has 0 atom stereocenters. The van der Waals surface area contributed by atoms with Crippen LogP contribution in [-0.4, -0.2) is 21.7 Å². The van der Waals surface area contributed by atoms with Crippen LogP contribution in [0.5, 0.6) is 11.5 Å². The number of rotatable bonds is 5. The van der Waals surface area contributed by atoms with E-state index in [9.17, 15) is 15.0 Å². The van der Waals surface area contributed by atoms with Gasteiger partial charge in [-0.1, -0.05) is 47.5 Å². The van der Waals surface area contributed by atoms with Gasteiger partial charge in [-0.25, -0.2) is 4.99 Å². The van der Waals surface area contributed by atoms with E-state index in [1.54, 1.807) is 30.3 Å². The summed E-state index contributed by atoms with van der Waals surface area (Å²) in [4.78, 5) is 16.2. The minimum Gasteiger partial charge on any atom is -0.508 e. The van der Waals surface area contributed by atoms with Crippen LogP contribution < -0.4 is 5.32 Å². The zero-order chi connectivity index (χ0) is 22.7. The van der Waals surface area contributed by atoms with Gasteiger partial charge in [0.25, 0.3) is 0 Å². The summed E-state index contributed by atoms with van der Waals surface area (Å²) in [5.74, 6) is -0.0741. The molecular formula is C25H18Cl2N2O3. The molecular weight excluding hydrogens is 447 g/mol. The summed E-state index contributed by atoms with van der Waals surface area (Å²) in [6.45, 7) is 0. The number of benzene rings is 3. The SMILES string of the molecule is O=C1C=CC(=Nc2cc(Cc3ccc(O)cc3Cl)c(O)cc2Nc2ccccc2)C(Cl)=C1. The van der Waals surface area contributed by atoms with Crippen molar-refractivity contribution in [1.29, 1.82) is 0 Å². The number of hydrogen-bond acceptors (Lipinski definition) is 5.